The van der Waals surface area contributed by atoms with Crippen LogP contribution in [0.5, 0.6) is 0 Å². The molecule has 0 fully saturated rings. The van der Waals surface area contributed by atoms with Crippen molar-refractivity contribution in [3.05, 3.63) is 0 Å². The Labute approximate surface area is 745 Å². The number of rotatable bonds is 92. The number of hydrogen-bond donors (Lipinski definition) is 8. The molecule has 23 nitrogen and oxygen atoms in total. The number of carbonyl (C=O) groups excluding carboxylic acids is 8. The van der Waals surface area contributed by atoms with Crippen LogP contribution < -0.4 is 21.3 Å². The fourth-order valence-corrected chi connectivity index (χ4v) is 15.9. The number of hydrogen-bond acceptors (Lipinski definition) is 19. The maximum absolute atomic E-state index is 13.5. The molecule has 0 aromatic carbocycles. The summed E-state index contributed by atoms with van der Waals surface area (Å²) < 4.78 is 23.2. The third-order valence-corrected chi connectivity index (χ3v) is 24.0. The predicted molar refractivity (Wildman–Crippen MR) is 497 cm³/mol. The highest BCUT2D eigenvalue weighted by Gasteiger charge is 2.29. The quantitative estimate of drug-likeness (QED) is 0.0159. The van der Waals surface area contributed by atoms with Crippen molar-refractivity contribution in [3.8, 4) is 0 Å². The van der Waals surface area contributed by atoms with Gasteiger partial charge in [0, 0.05) is 52.4 Å². The van der Waals surface area contributed by atoms with Gasteiger partial charge in [-0.25, -0.2) is 0 Å². The van der Waals surface area contributed by atoms with Crippen molar-refractivity contribution in [1.82, 2.24) is 36.0 Å². The van der Waals surface area contributed by atoms with Crippen LogP contribution in [0, 0.1) is 23.7 Å². The molecule has 0 spiro atoms. The highest BCUT2D eigenvalue weighted by Crippen LogP contribution is 2.26. The van der Waals surface area contributed by atoms with Crippen LogP contribution >= 0.6 is 0 Å². The third-order valence-electron chi connectivity index (χ3n) is 24.0. The molecule has 718 valence electrons. The fourth-order valence-electron chi connectivity index (χ4n) is 15.9. The summed E-state index contributed by atoms with van der Waals surface area (Å²) in [6, 6.07) is 0. The van der Waals surface area contributed by atoms with Gasteiger partial charge in [-0.15, -0.1) is 0 Å². The fraction of sp³-hybridized carbons (Fsp3) is 0.919. The molecule has 122 heavy (non-hydrogen) atoms. The van der Waals surface area contributed by atoms with Gasteiger partial charge in [-0.2, -0.15) is 0 Å². The first-order chi connectivity index (χ1) is 59.3. The molecule has 23 heteroatoms. The molecular formula is C99H191N7O16. The van der Waals surface area contributed by atoms with Crippen LogP contribution in [0.4, 0.5) is 0 Å². The van der Waals surface area contributed by atoms with Crippen molar-refractivity contribution in [2.75, 3.05) is 112 Å². The molecule has 0 aromatic rings. The summed E-state index contributed by atoms with van der Waals surface area (Å²) in [7, 11) is 1.92. The number of esters is 4. The van der Waals surface area contributed by atoms with Crippen LogP contribution in [0.3, 0.4) is 0 Å². The highest BCUT2D eigenvalue weighted by atomic mass is 16.5. The van der Waals surface area contributed by atoms with E-state index >= 15 is 0 Å². The smallest absolute Gasteiger partial charge is 0.308 e. The van der Waals surface area contributed by atoms with E-state index in [0.717, 1.165) is 205 Å². The predicted octanol–water partition coefficient (Wildman–Crippen LogP) is 18.9. The van der Waals surface area contributed by atoms with Crippen LogP contribution in [0.2, 0.25) is 0 Å². The van der Waals surface area contributed by atoms with Gasteiger partial charge in [0.1, 0.15) is 24.4 Å². The standard InChI is InChI=1S/C99H191N7O16/c1-10-18-26-34-38-46-64-84(60-42-30-22-14-5)96(115)119-76-54-50-68-100-92(111)88(107)80-105(81-89(108)93(112)101-69-51-55-77-120-97(116)85(61-43-31-23-15-6)65-47-39-35-27-19-11-2)74-58-72-104(9)73-59-75-106(82-90(109)94(113)102-70-52-56-78-121-98(117)86(62-44-32-24-16-7)66-48-40-36-28-20-12-3)83-91(110)95(114)103-71-53-57-79-122-99(118)87(63-45-33-25-17-8)67-49-41-37-29-21-13-4/h84-91,107-110H,10-83H2,1-9H3,(H,100,111)(H,101,112)(H,102,113)(H,103,114). The lowest BCUT2D eigenvalue weighted by atomic mass is 9.94. The van der Waals surface area contributed by atoms with Crippen molar-refractivity contribution in [3.63, 3.8) is 0 Å². The van der Waals surface area contributed by atoms with Gasteiger partial charge in [0.05, 0.1) is 50.1 Å². The molecule has 4 amide bonds. The van der Waals surface area contributed by atoms with E-state index in [-0.39, 0.29) is 139 Å². The van der Waals surface area contributed by atoms with Crippen LogP contribution in [0.15, 0.2) is 0 Å². The van der Waals surface area contributed by atoms with Gasteiger partial charge in [0.2, 0.25) is 23.6 Å². The van der Waals surface area contributed by atoms with E-state index < -0.39 is 48.0 Å². The van der Waals surface area contributed by atoms with Crippen molar-refractivity contribution < 1.29 is 77.7 Å². The van der Waals surface area contributed by atoms with Gasteiger partial charge in [-0.05, 0) is 149 Å². The third kappa shape index (κ3) is 69.6. The maximum atomic E-state index is 13.5. The first kappa shape index (κ1) is 117. The van der Waals surface area contributed by atoms with E-state index in [2.05, 4.69) is 81.6 Å². The maximum Gasteiger partial charge on any atom is 0.308 e. The molecule has 0 radical (unpaired) electrons. The second kappa shape index (κ2) is 85.9. The van der Waals surface area contributed by atoms with Crippen molar-refractivity contribution in [1.29, 1.82) is 0 Å². The van der Waals surface area contributed by atoms with E-state index in [1.54, 1.807) is 9.80 Å². The minimum absolute atomic E-state index is 0.112. The summed E-state index contributed by atoms with van der Waals surface area (Å²) in [5, 5.41) is 56.9. The minimum atomic E-state index is -1.50. The molecule has 0 aliphatic heterocycles. The van der Waals surface area contributed by atoms with E-state index in [1.165, 1.54) is 103 Å². The number of nitrogens with one attached hydrogen (secondary N) is 4. The Morgan fingerprint density at radius 2 is 0.402 bits per heavy atom. The van der Waals surface area contributed by atoms with Crippen LogP contribution in [0.1, 0.15) is 428 Å². The summed E-state index contributed by atoms with van der Waals surface area (Å²) in [6.07, 6.45) is 51.2. The summed E-state index contributed by atoms with van der Waals surface area (Å²) >= 11 is 0. The summed E-state index contributed by atoms with van der Waals surface area (Å²) in [5.74, 6) is -3.46. The number of carbonyl (C=O) groups is 8. The zero-order valence-electron chi connectivity index (χ0n) is 80.0. The van der Waals surface area contributed by atoms with E-state index in [4.69, 9.17) is 18.9 Å². The Morgan fingerprint density at radius 1 is 0.230 bits per heavy atom. The number of ether oxygens (including phenoxy) is 4. The zero-order valence-corrected chi connectivity index (χ0v) is 80.0. The molecule has 8 atom stereocenters. The lowest BCUT2D eigenvalue weighted by Crippen LogP contribution is -2.49. The van der Waals surface area contributed by atoms with E-state index in [0.29, 0.717) is 77.3 Å². The molecule has 8 unspecified atom stereocenters. The molecule has 0 aliphatic carbocycles. The second-order valence-corrected chi connectivity index (χ2v) is 35.7. The molecule has 0 aliphatic rings. The largest absolute Gasteiger partial charge is 0.465 e. The van der Waals surface area contributed by atoms with Gasteiger partial charge in [-0.1, -0.05) is 312 Å². The van der Waals surface area contributed by atoms with Crippen molar-refractivity contribution in [2.45, 2.75) is 452 Å². The summed E-state index contributed by atoms with van der Waals surface area (Å²) in [4.78, 5) is 113. The average Bonchev–Trinajstić information content (AvgIpc) is 0.884. The van der Waals surface area contributed by atoms with Gasteiger partial charge in [0.25, 0.3) is 0 Å². The summed E-state index contributed by atoms with van der Waals surface area (Å²) in [6.45, 7) is 20.4. The highest BCUT2D eigenvalue weighted by molar-refractivity contribution is 5.82. The Kier molecular flexibility index (Phi) is 82.7. The molecule has 0 heterocycles. The lowest BCUT2D eigenvalue weighted by molar-refractivity contribution is -0.150. The Bertz CT molecular complexity index is 2160. The number of unbranched alkanes of at least 4 members (excludes halogenated alkanes) is 36. The van der Waals surface area contributed by atoms with Crippen LogP contribution in [0.25, 0.3) is 0 Å². The Balaban J connectivity index is 6.30. The SMILES string of the molecule is CCCCCCCCC(CCCCCC)C(=O)OCCCCNC(=O)C(O)CN(CCCN(C)CCCN(CC(O)C(=O)NCCCCOC(=O)C(CCCCCC)CCCCCCCC)CC(O)C(=O)NCCCCOC(=O)C(CCCCCC)CCCCCCCC)CC(O)C(=O)NCCCCOC(=O)C(CCCCCC)CCCCCCCC. The number of aliphatic hydroxyl groups excluding tert-OH is 4. The molecule has 0 saturated carbocycles. The van der Waals surface area contributed by atoms with Gasteiger partial charge >= 0.3 is 23.9 Å². The van der Waals surface area contributed by atoms with Crippen molar-refractivity contribution >= 4 is 47.5 Å². The first-order valence-electron chi connectivity index (χ1n) is 50.9. The van der Waals surface area contributed by atoms with E-state index in [9.17, 15) is 58.8 Å². The average molecular weight is 1740 g/mol. The number of nitrogens with zero attached hydrogens (tertiary/aromatic N) is 3. The molecule has 0 saturated heterocycles. The lowest BCUT2D eigenvalue weighted by Gasteiger charge is -2.28. The van der Waals surface area contributed by atoms with Crippen LogP contribution in [-0.2, 0) is 57.3 Å². The Morgan fingerprint density at radius 3 is 0.590 bits per heavy atom. The molecule has 0 aromatic heterocycles. The van der Waals surface area contributed by atoms with Gasteiger partial charge in [-0.3, -0.25) is 48.2 Å². The summed E-state index contributed by atoms with van der Waals surface area (Å²) in [5.41, 5.74) is 0. The number of aliphatic hydroxyl groups is 4. The second-order valence-electron chi connectivity index (χ2n) is 35.7. The van der Waals surface area contributed by atoms with Crippen molar-refractivity contribution in [2.24, 2.45) is 23.7 Å². The number of amides is 4. The first-order valence-corrected chi connectivity index (χ1v) is 50.9. The molecular weight excluding hydrogens is 1540 g/mol. The molecule has 0 rings (SSSR count). The minimum Gasteiger partial charge on any atom is -0.465 e. The zero-order chi connectivity index (χ0) is 90.0. The van der Waals surface area contributed by atoms with Crippen LogP contribution in [-0.4, -0.2) is 219 Å². The van der Waals surface area contributed by atoms with E-state index in [1.807, 2.05) is 7.05 Å². The van der Waals surface area contributed by atoms with Gasteiger partial charge in [0.15, 0.2) is 0 Å². The normalized spacial score (nSPS) is 13.6. The van der Waals surface area contributed by atoms with Gasteiger partial charge < -0.3 is 65.5 Å². The molecule has 8 N–H and O–H groups in total. The Hall–Kier alpha value is -4.52. The monoisotopic (exact) mass is 1730 g/mol. The molecule has 0 bridgehead atoms. The topological polar surface area (TPSA) is 312 Å².